The zero-order valence-corrected chi connectivity index (χ0v) is 14.3. The van der Waals surface area contributed by atoms with Crippen molar-refractivity contribution in [2.75, 3.05) is 24.8 Å². The Bertz CT molecular complexity index is 1010. The molecule has 2 N–H and O–H groups in total. The van der Waals surface area contributed by atoms with Crippen LogP contribution in [0.5, 0.6) is 5.75 Å². The van der Waals surface area contributed by atoms with Gasteiger partial charge < -0.3 is 19.9 Å². The average molecular weight is 337 g/mol. The second-order valence-corrected chi connectivity index (χ2v) is 5.73. The Labute approximate surface area is 145 Å². The van der Waals surface area contributed by atoms with Gasteiger partial charge in [0.2, 0.25) is 0 Å². The van der Waals surface area contributed by atoms with Crippen molar-refractivity contribution in [3.8, 4) is 5.75 Å². The van der Waals surface area contributed by atoms with Crippen LogP contribution in [0.25, 0.3) is 10.9 Å². The van der Waals surface area contributed by atoms with Crippen molar-refractivity contribution in [1.29, 1.82) is 0 Å². The van der Waals surface area contributed by atoms with Gasteiger partial charge in [0.25, 0.3) is 11.5 Å². The second kappa shape index (κ2) is 6.32. The third-order valence-corrected chi connectivity index (χ3v) is 4.32. The number of carbonyl (C=O) groups is 1. The Hall–Kier alpha value is -3.28. The van der Waals surface area contributed by atoms with Crippen molar-refractivity contribution in [2.45, 2.75) is 0 Å². The molecule has 1 aromatic heterocycles. The number of fused-ring (bicyclic) bond motifs is 1. The molecule has 128 valence electrons. The molecule has 0 atom stereocenters. The van der Waals surface area contributed by atoms with Crippen LogP contribution in [-0.2, 0) is 7.05 Å². The number of nitrogens with zero attached hydrogens (tertiary/aromatic N) is 2. The molecule has 0 bridgehead atoms. The maximum Gasteiger partial charge on any atom is 0.265 e. The van der Waals surface area contributed by atoms with Crippen LogP contribution in [-0.4, -0.2) is 24.6 Å². The molecule has 0 saturated carbocycles. The van der Waals surface area contributed by atoms with Crippen molar-refractivity contribution < 1.29 is 9.53 Å². The van der Waals surface area contributed by atoms with Crippen LogP contribution in [0.2, 0.25) is 0 Å². The topological polar surface area (TPSA) is 77.6 Å². The Kier molecular flexibility index (Phi) is 4.19. The first-order valence-electron chi connectivity index (χ1n) is 7.75. The molecule has 0 radical (unpaired) electrons. The van der Waals surface area contributed by atoms with Crippen LogP contribution in [0.4, 0.5) is 11.4 Å². The van der Waals surface area contributed by atoms with E-state index in [1.807, 2.05) is 12.1 Å². The highest BCUT2D eigenvalue weighted by atomic mass is 16.5. The van der Waals surface area contributed by atoms with Gasteiger partial charge in [-0.2, -0.15) is 0 Å². The molecule has 3 rings (SSSR count). The number of hydrogen-bond donors (Lipinski definition) is 1. The van der Waals surface area contributed by atoms with Crippen LogP contribution in [0, 0.1) is 0 Å². The van der Waals surface area contributed by atoms with Gasteiger partial charge in [0.05, 0.1) is 18.3 Å². The van der Waals surface area contributed by atoms with E-state index in [1.165, 1.54) is 9.47 Å². The summed E-state index contributed by atoms with van der Waals surface area (Å²) in [5.74, 6) is 0.236. The van der Waals surface area contributed by atoms with E-state index in [9.17, 15) is 9.59 Å². The van der Waals surface area contributed by atoms with Gasteiger partial charge in [-0.15, -0.1) is 0 Å². The van der Waals surface area contributed by atoms with Crippen LogP contribution in [0.15, 0.2) is 53.3 Å². The standard InChI is InChI=1S/C19H19N3O3/c1-21(12-8-10-13(25-3)11-9-12)18(23)16-17(20)14-6-4-5-7-15(14)22(2)19(16)24/h4-11H,20H2,1-3H3. The number of benzene rings is 2. The second-order valence-electron chi connectivity index (χ2n) is 5.73. The molecule has 1 amide bonds. The number of anilines is 2. The van der Waals surface area contributed by atoms with Gasteiger partial charge in [-0.3, -0.25) is 9.59 Å². The van der Waals surface area contributed by atoms with E-state index >= 15 is 0 Å². The number of aromatic nitrogens is 1. The number of pyridine rings is 1. The molecule has 6 nitrogen and oxygen atoms in total. The number of nitrogen functional groups attached to an aromatic ring is 1. The maximum absolute atomic E-state index is 12.9. The number of amides is 1. The van der Waals surface area contributed by atoms with E-state index in [2.05, 4.69) is 0 Å². The highest BCUT2D eigenvalue weighted by Gasteiger charge is 2.23. The summed E-state index contributed by atoms with van der Waals surface area (Å²) < 4.78 is 6.56. The Balaban J connectivity index is 2.11. The molecule has 0 aliphatic carbocycles. The lowest BCUT2D eigenvalue weighted by molar-refractivity contribution is 0.0992. The Morgan fingerprint density at radius 1 is 1.12 bits per heavy atom. The van der Waals surface area contributed by atoms with Crippen molar-refractivity contribution in [3.05, 3.63) is 64.4 Å². The summed E-state index contributed by atoms with van der Waals surface area (Å²) in [6, 6.07) is 14.2. The van der Waals surface area contributed by atoms with E-state index in [0.29, 0.717) is 22.3 Å². The first-order chi connectivity index (χ1) is 12.0. The smallest absolute Gasteiger partial charge is 0.265 e. The first-order valence-corrected chi connectivity index (χ1v) is 7.75. The SMILES string of the molecule is COc1ccc(N(C)C(=O)c2c(N)c3ccccc3n(C)c2=O)cc1. The van der Waals surface area contributed by atoms with Gasteiger partial charge in [0.15, 0.2) is 0 Å². The molecule has 25 heavy (non-hydrogen) atoms. The molecule has 0 saturated heterocycles. The molecule has 3 aromatic rings. The summed E-state index contributed by atoms with van der Waals surface area (Å²) in [6.45, 7) is 0. The average Bonchev–Trinajstić information content (AvgIpc) is 2.65. The van der Waals surface area contributed by atoms with Crippen LogP contribution in [0.3, 0.4) is 0 Å². The summed E-state index contributed by atoms with van der Waals surface area (Å²) in [5.41, 5.74) is 7.25. The fraction of sp³-hybridized carbons (Fsp3) is 0.158. The third kappa shape index (κ3) is 2.71. The molecule has 0 aliphatic rings. The number of aryl methyl sites for hydroxylation is 1. The lowest BCUT2D eigenvalue weighted by atomic mass is 10.1. The van der Waals surface area contributed by atoms with Gasteiger partial charge in [0.1, 0.15) is 11.3 Å². The van der Waals surface area contributed by atoms with E-state index in [1.54, 1.807) is 57.6 Å². The zero-order valence-electron chi connectivity index (χ0n) is 14.3. The number of methoxy groups -OCH3 is 1. The molecule has 1 heterocycles. The van der Waals surface area contributed by atoms with Gasteiger partial charge in [-0.1, -0.05) is 18.2 Å². The number of nitrogens with two attached hydrogens (primary N) is 1. The number of para-hydroxylation sites is 1. The number of ether oxygens (including phenoxy) is 1. The minimum atomic E-state index is -0.450. The summed E-state index contributed by atoms with van der Waals surface area (Å²) in [4.78, 5) is 27.0. The molecule has 0 unspecified atom stereocenters. The van der Waals surface area contributed by atoms with Crippen molar-refractivity contribution >= 4 is 28.2 Å². The summed E-state index contributed by atoms with van der Waals surface area (Å²) >= 11 is 0. The fourth-order valence-corrected chi connectivity index (χ4v) is 2.82. The lowest BCUT2D eigenvalue weighted by Gasteiger charge is -2.19. The minimum Gasteiger partial charge on any atom is -0.497 e. The number of carbonyl (C=O) groups excluding carboxylic acids is 1. The Morgan fingerprint density at radius 2 is 1.76 bits per heavy atom. The van der Waals surface area contributed by atoms with Gasteiger partial charge >= 0.3 is 0 Å². The van der Waals surface area contributed by atoms with Crippen LogP contribution < -0.4 is 20.9 Å². The summed E-state index contributed by atoms with van der Waals surface area (Å²) in [5, 5.41) is 0.677. The Morgan fingerprint density at radius 3 is 2.40 bits per heavy atom. The largest absolute Gasteiger partial charge is 0.497 e. The highest BCUT2D eigenvalue weighted by molar-refractivity contribution is 6.12. The molecule has 0 spiro atoms. The van der Waals surface area contributed by atoms with Crippen molar-refractivity contribution in [1.82, 2.24) is 4.57 Å². The van der Waals surface area contributed by atoms with Crippen LogP contribution >= 0.6 is 0 Å². The molecule has 0 fully saturated rings. The van der Waals surface area contributed by atoms with Crippen molar-refractivity contribution in [2.24, 2.45) is 7.05 Å². The van der Waals surface area contributed by atoms with Gasteiger partial charge in [0, 0.05) is 25.2 Å². The summed E-state index contributed by atoms with van der Waals surface area (Å²) in [7, 11) is 4.82. The number of rotatable bonds is 3. The molecule has 0 aliphatic heterocycles. The van der Waals surface area contributed by atoms with Gasteiger partial charge in [-0.25, -0.2) is 0 Å². The predicted octanol–water partition coefficient (Wildman–Crippen LogP) is 2.41. The maximum atomic E-state index is 12.9. The summed E-state index contributed by atoms with van der Waals surface area (Å²) in [6.07, 6.45) is 0. The molecule has 2 aromatic carbocycles. The predicted molar refractivity (Wildman–Crippen MR) is 99.3 cm³/mol. The van der Waals surface area contributed by atoms with E-state index in [4.69, 9.17) is 10.5 Å². The van der Waals surface area contributed by atoms with E-state index in [-0.39, 0.29) is 11.3 Å². The minimum absolute atomic E-state index is 0.0282. The van der Waals surface area contributed by atoms with E-state index in [0.717, 1.165) is 0 Å². The lowest BCUT2D eigenvalue weighted by Crippen LogP contribution is -2.35. The fourth-order valence-electron chi connectivity index (χ4n) is 2.82. The molecule has 6 heteroatoms. The number of hydrogen-bond acceptors (Lipinski definition) is 4. The normalized spacial score (nSPS) is 10.7. The van der Waals surface area contributed by atoms with Gasteiger partial charge in [-0.05, 0) is 30.3 Å². The highest BCUT2D eigenvalue weighted by Crippen LogP contribution is 2.25. The van der Waals surface area contributed by atoms with Crippen molar-refractivity contribution in [3.63, 3.8) is 0 Å². The molecular weight excluding hydrogens is 318 g/mol. The van der Waals surface area contributed by atoms with E-state index < -0.39 is 11.5 Å². The first kappa shape index (κ1) is 16.6. The van der Waals surface area contributed by atoms with Crippen LogP contribution in [0.1, 0.15) is 10.4 Å². The monoisotopic (exact) mass is 337 g/mol. The quantitative estimate of drug-likeness (QED) is 0.796. The third-order valence-electron chi connectivity index (χ3n) is 4.32. The zero-order chi connectivity index (χ0) is 18.1. The molecular formula is C19H19N3O3.